The SMILES string of the molecule is CCOC(=O)[C@H]1CC(=N[N-]S(=O)(=O)c2ccc(C)cc2)C[C@H]1C(=O)OCC.[Li+]. The second-order valence-electron chi connectivity index (χ2n) is 6.16. The molecule has 10 heteroatoms. The number of rotatable bonds is 7. The fourth-order valence-electron chi connectivity index (χ4n) is 2.82. The van der Waals surface area contributed by atoms with Gasteiger partial charge >= 0.3 is 30.8 Å². The number of hydrogen-bond acceptors (Lipinski definition) is 7. The van der Waals surface area contributed by atoms with Crippen LogP contribution in [-0.2, 0) is 29.1 Å². The van der Waals surface area contributed by atoms with Crippen molar-refractivity contribution in [2.24, 2.45) is 16.9 Å². The van der Waals surface area contributed by atoms with Crippen LogP contribution in [0.15, 0.2) is 34.3 Å². The Bertz CT molecular complexity index is 795. The van der Waals surface area contributed by atoms with E-state index < -0.39 is 33.8 Å². The molecular formula is C18H23LiN2O6S. The number of nitrogens with zero attached hydrogens (tertiary/aromatic N) is 2. The average molecular weight is 402 g/mol. The number of hydrogen-bond donors (Lipinski definition) is 0. The molecule has 0 saturated heterocycles. The molecule has 0 bridgehead atoms. The molecule has 2 rings (SSSR count). The van der Waals surface area contributed by atoms with Gasteiger partial charge in [-0.1, -0.05) is 17.7 Å². The van der Waals surface area contributed by atoms with Gasteiger partial charge in [-0.25, -0.2) is 8.42 Å². The quantitative estimate of drug-likeness (QED) is 0.347. The number of ether oxygens (including phenoxy) is 2. The number of aryl methyl sites for hydroxylation is 1. The first-order valence-corrected chi connectivity index (χ1v) is 10.1. The van der Waals surface area contributed by atoms with Gasteiger partial charge in [-0.3, -0.25) is 9.59 Å². The van der Waals surface area contributed by atoms with Crippen LogP contribution in [0.3, 0.4) is 0 Å². The molecule has 1 aliphatic rings. The van der Waals surface area contributed by atoms with Crippen molar-refractivity contribution in [3.63, 3.8) is 0 Å². The van der Waals surface area contributed by atoms with Gasteiger partial charge in [0.2, 0.25) is 0 Å². The minimum atomic E-state index is -3.96. The Kier molecular flexibility index (Phi) is 9.21. The molecule has 1 aliphatic carbocycles. The van der Waals surface area contributed by atoms with Crippen molar-refractivity contribution in [1.82, 2.24) is 0 Å². The molecule has 2 atom stereocenters. The maximum atomic E-state index is 12.3. The summed E-state index contributed by atoms with van der Waals surface area (Å²) in [4.78, 5) is 27.8. The molecule has 1 aromatic carbocycles. The second kappa shape index (κ2) is 10.6. The normalized spacial score (nSPS) is 20.3. The molecule has 0 heterocycles. The molecule has 0 N–H and O–H groups in total. The fraction of sp³-hybridized carbons (Fsp3) is 0.500. The Morgan fingerprint density at radius 1 is 1.04 bits per heavy atom. The Morgan fingerprint density at radius 3 is 1.93 bits per heavy atom. The predicted molar refractivity (Wildman–Crippen MR) is 98.6 cm³/mol. The summed E-state index contributed by atoms with van der Waals surface area (Å²) < 4.78 is 34.6. The van der Waals surface area contributed by atoms with E-state index in [9.17, 15) is 18.0 Å². The molecule has 1 aromatic rings. The predicted octanol–water partition coefficient (Wildman–Crippen LogP) is -0.430. The van der Waals surface area contributed by atoms with Crippen LogP contribution in [-0.4, -0.2) is 39.3 Å². The third kappa shape index (κ3) is 6.09. The molecule has 0 aromatic heterocycles. The topological polar surface area (TPSA) is 113 Å². The van der Waals surface area contributed by atoms with Gasteiger partial charge in [-0.05, 0) is 51.5 Å². The first-order chi connectivity index (χ1) is 12.8. The van der Waals surface area contributed by atoms with Crippen molar-refractivity contribution in [3.8, 4) is 0 Å². The Labute approximate surface area is 177 Å². The van der Waals surface area contributed by atoms with E-state index >= 15 is 0 Å². The van der Waals surface area contributed by atoms with Gasteiger partial charge in [0.25, 0.3) is 0 Å². The molecule has 0 amide bonds. The van der Waals surface area contributed by atoms with E-state index in [-0.39, 0.29) is 49.8 Å². The number of esters is 2. The van der Waals surface area contributed by atoms with Crippen LogP contribution in [0.2, 0.25) is 0 Å². The van der Waals surface area contributed by atoms with Crippen LogP contribution in [0.5, 0.6) is 0 Å². The maximum Gasteiger partial charge on any atom is 1.00 e. The summed E-state index contributed by atoms with van der Waals surface area (Å²) in [5, 5.41) is 3.82. The van der Waals surface area contributed by atoms with Crippen molar-refractivity contribution in [1.29, 1.82) is 0 Å². The maximum absolute atomic E-state index is 12.3. The first-order valence-electron chi connectivity index (χ1n) is 8.71. The number of carbonyl (C=O) groups excluding carboxylic acids is 2. The molecule has 148 valence electrons. The molecule has 28 heavy (non-hydrogen) atoms. The van der Waals surface area contributed by atoms with E-state index in [1.54, 1.807) is 26.0 Å². The van der Waals surface area contributed by atoms with Gasteiger partial charge in [0.15, 0.2) is 0 Å². The van der Waals surface area contributed by atoms with E-state index in [4.69, 9.17) is 9.47 Å². The van der Waals surface area contributed by atoms with Crippen LogP contribution >= 0.6 is 0 Å². The van der Waals surface area contributed by atoms with Gasteiger partial charge in [-0.15, -0.1) is 0 Å². The van der Waals surface area contributed by atoms with Gasteiger partial charge in [0, 0.05) is 0 Å². The smallest absolute Gasteiger partial charge is 0.491 e. The molecule has 0 radical (unpaired) electrons. The second-order valence-corrected chi connectivity index (χ2v) is 7.75. The summed E-state index contributed by atoms with van der Waals surface area (Å²) in [6.07, 6.45) is 0.213. The zero-order chi connectivity index (χ0) is 20.0. The zero-order valence-corrected chi connectivity index (χ0v) is 17.4. The van der Waals surface area contributed by atoms with Crippen molar-refractivity contribution in [2.75, 3.05) is 13.2 Å². The van der Waals surface area contributed by atoms with Crippen LogP contribution < -0.4 is 18.9 Å². The van der Waals surface area contributed by atoms with Crippen LogP contribution in [0.4, 0.5) is 0 Å². The number of benzene rings is 1. The summed E-state index contributed by atoms with van der Waals surface area (Å²) in [5.41, 5.74) is 1.27. The molecule has 0 spiro atoms. The minimum absolute atomic E-state index is 0. The van der Waals surface area contributed by atoms with E-state index in [0.717, 1.165) is 5.56 Å². The van der Waals surface area contributed by atoms with Crippen molar-refractivity contribution < 1.29 is 46.3 Å². The largest absolute Gasteiger partial charge is 1.00 e. The number of sulfonamides is 1. The molecule has 1 saturated carbocycles. The summed E-state index contributed by atoms with van der Waals surface area (Å²) in [6.45, 7) is 5.56. The summed E-state index contributed by atoms with van der Waals surface area (Å²) in [7, 11) is -3.96. The van der Waals surface area contributed by atoms with Crippen LogP contribution in [0.25, 0.3) is 4.83 Å². The molecule has 0 unspecified atom stereocenters. The van der Waals surface area contributed by atoms with Gasteiger partial charge in [0.1, 0.15) is 10.0 Å². The minimum Gasteiger partial charge on any atom is -0.491 e. The van der Waals surface area contributed by atoms with Crippen molar-refractivity contribution >= 4 is 27.7 Å². The van der Waals surface area contributed by atoms with Crippen molar-refractivity contribution in [2.45, 2.75) is 38.5 Å². The fourth-order valence-corrected chi connectivity index (χ4v) is 3.62. The van der Waals surface area contributed by atoms with E-state index in [0.29, 0.717) is 5.71 Å². The standard InChI is InChI=1S/C18H23N2O6S.Li/c1-4-25-17(21)15-10-13(11-16(15)18(22)26-5-2)19-20-27(23,24)14-8-6-12(3)7-9-14;/h6-9,15-16H,4-5,10-11H2,1-3H3;/q-1;+1/t15-,16+;. The Balaban J connectivity index is 0.00000392. The van der Waals surface area contributed by atoms with E-state index in [1.807, 2.05) is 6.92 Å². The third-order valence-electron chi connectivity index (χ3n) is 4.18. The zero-order valence-electron chi connectivity index (χ0n) is 16.5. The molecular weight excluding hydrogens is 379 g/mol. The summed E-state index contributed by atoms with van der Waals surface area (Å²) >= 11 is 0. The van der Waals surface area contributed by atoms with E-state index in [2.05, 4.69) is 9.93 Å². The molecule has 1 fully saturated rings. The summed E-state index contributed by atoms with van der Waals surface area (Å²) in [5.74, 6) is -2.55. The number of carbonyl (C=O) groups is 2. The Morgan fingerprint density at radius 2 is 1.50 bits per heavy atom. The first kappa shape index (κ1) is 24.2. The molecule has 8 nitrogen and oxygen atoms in total. The monoisotopic (exact) mass is 402 g/mol. The summed E-state index contributed by atoms with van der Waals surface area (Å²) in [6, 6.07) is 6.23. The van der Waals surface area contributed by atoms with Crippen LogP contribution in [0.1, 0.15) is 32.3 Å². The van der Waals surface area contributed by atoms with Crippen LogP contribution in [0, 0.1) is 18.8 Å². The van der Waals surface area contributed by atoms with Gasteiger partial charge < -0.3 is 19.4 Å². The molecule has 0 aliphatic heterocycles. The van der Waals surface area contributed by atoms with Gasteiger partial charge in [-0.2, -0.15) is 0 Å². The Hall–Kier alpha value is -1.82. The average Bonchev–Trinajstić information content (AvgIpc) is 3.05. The third-order valence-corrected chi connectivity index (χ3v) is 5.35. The van der Waals surface area contributed by atoms with E-state index in [1.165, 1.54) is 12.1 Å². The van der Waals surface area contributed by atoms with Gasteiger partial charge in [0.05, 0.1) is 29.9 Å². The van der Waals surface area contributed by atoms with Crippen molar-refractivity contribution in [3.05, 3.63) is 34.7 Å².